The molecule has 1 fully saturated rings. The van der Waals surface area contributed by atoms with E-state index >= 15 is 0 Å². The second-order valence-electron chi connectivity index (χ2n) is 9.52. The van der Waals surface area contributed by atoms with Crippen LogP contribution in [0.2, 0.25) is 0 Å². The largest absolute Gasteiger partial charge is 0.345 e. The minimum absolute atomic E-state index is 0.0238. The highest BCUT2D eigenvalue weighted by Gasteiger charge is 2.33. The summed E-state index contributed by atoms with van der Waals surface area (Å²) in [7, 11) is 0. The fourth-order valence-electron chi connectivity index (χ4n) is 4.24. The number of benzene rings is 1. The molecule has 32 heavy (non-hydrogen) atoms. The number of amides is 2. The number of aryl methyl sites for hydroxylation is 1. The van der Waals surface area contributed by atoms with Gasteiger partial charge in [0.05, 0.1) is 6.54 Å². The molecular formula is C27H39N3O2. The predicted molar refractivity (Wildman–Crippen MR) is 129 cm³/mol. The molecule has 0 saturated heterocycles. The van der Waals surface area contributed by atoms with Crippen molar-refractivity contribution in [2.45, 2.75) is 85.5 Å². The van der Waals surface area contributed by atoms with E-state index in [2.05, 4.69) is 61.9 Å². The Morgan fingerprint density at radius 3 is 2.38 bits per heavy atom. The molecule has 1 atom stereocenters. The van der Waals surface area contributed by atoms with Crippen LogP contribution in [-0.2, 0) is 22.7 Å². The van der Waals surface area contributed by atoms with Crippen LogP contribution in [-0.4, -0.2) is 44.8 Å². The van der Waals surface area contributed by atoms with Gasteiger partial charge in [0, 0.05) is 36.4 Å². The van der Waals surface area contributed by atoms with E-state index < -0.39 is 0 Å². The Kier molecular flexibility index (Phi) is 8.16. The van der Waals surface area contributed by atoms with Crippen LogP contribution >= 0.6 is 0 Å². The summed E-state index contributed by atoms with van der Waals surface area (Å²) in [4.78, 5) is 30.1. The van der Waals surface area contributed by atoms with Gasteiger partial charge in [-0.15, -0.1) is 0 Å². The molecule has 0 radical (unpaired) electrons. The van der Waals surface area contributed by atoms with Crippen LogP contribution in [0.4, 0.5) is 0 Å². The van der Waals surface area contributed by atoms with Gasteiger partial charge in [-0.25, -0.2) is 0 Å². The summed E-state index contributed by atoms with van der Waals surface area (Å²) in [5, 5.41) is 0. The van der Waals surface area contributed by atoms with Crippen molar-refractivity contribution in [2.75, 3.05) is 6.54 Å². The van der Waals surface area contributed by atoms with Crippen LogP contribution in [0.3, 0.4) is 0 Å². The first-order chi connectivity index (χ1) is 15.3. The lowest BCUT2D eigenvalue weighted by atomic mass is 9.84. The van der Waals surface area contributed by atoms with Crippen molar-refractivity contribution >= 4 is 11.8 Å². The Balaban J connectivity index is 1.76. The van der Waals surface area contributed by atoms with Crippen LogP contribution in [0, 0.1) is 12.8 Å². The van der Waals surface area contributed by atoms with Crippen molar-refractivity contribution < 1.29 is 9.59 Å². The first-order valence-corrected chi connectivity index (χ1v) is 12.1. The molecule has 0 spiro atoms. The molecule has 174 valence electrons. The van der Waals surface area contributed by atoms with Gasteiger partial charge in [0.25, 0.3) is 0 Å². The van der Waals surface area contributed by atoms with E-state index in [1.807, 2.05) is 24.8 Å². The highest BCUT2D eigenvalue weighted by Crippen LogP contribution is 2.29. The monoisotopic (exact) mass is 437 g/mol. The smallest absolute Gasteiger partial charge is 0.242 e. The summed E-state index contributed by atoms with van der Waals surface area (Å²) in [6.07, 6.45) is 5.99. The minimum Gasteiger partial charge on any atom is -0.345 e. The summed E-state index contributed by atoms with van der Waals surface area (Å²) in [5.74, 6) is 0.282. The molecule has 1 heterocycles. The molecule has 0 bridgehead atoms. The lowest BCUT2D eigenvalue weighted by Crippen LogP contribution is -2.50. The number of hydrogen-bond acceptors (Lipinski definition) is 2. The van der Waals surface area contributed by atoms with Gasteiger partial charge in [-0.3, -0.25) is 9.59 Å². The van der Waals surface area contributed by atoms with Gasteiger partial charge in [-0.05, 0) is 70.2 Å². The fraction of sp³-hybridized carbons (Fsp3) is 0.556. The molecule has 0 N–H and O–H groups in total. The summed E-state index contributed by atoms with van der Waals surface area (Å²) in [6, 6.07) is 12.7. The number of carbonyl (C=O) groups excluding carboxylic acids is 2. The topological polar surface area (TPSA) is 45.6 Å². The van der Waals surface area contributed by atoms with E-state index in [0.29, 0.717) is 6.54 Å². The normalized spacial score (nSPS) is 14.8. The average molecular weight is 438 g/mol. The molecule has 5 nitrogen and oxygen atoms in total. The van der Waals surface area contributed by atoms with E-state index in [-0.39, 0.29) is 36.4 Å². The van der Waals surface area contributed by atoms with Crippen molar-refractivity contribution in [3.05, 3.63) is 59.4 Å². The number of aromatic nitrogens is 1. The van der Waals surface area contributed by atoms with Crippen molar-refractivity contribution in [2.24, 2.45) is 5.92 Å². The van der Waals surface area contributed by atoms with Gasteiger partial charge in [-0.2, -0.15) is 0 Å². The maximum Gasteiger partial charge on any atom is 0.242 e. The molecule has 1 aromatic carbocycles. The number of carbonyl (C=O) groups is 2. The van der Waals surface area contributed by atoms with Gasteiger partial charge in [0.1, 0.15) is 6.54 Å². The summed E-state index contributed by atoms with van der Waals surface area (Å²) in [5.41, 5.74) is 3.66. The van der Waals surface area contributed by atoms with Crippen LogP contribution in [0.15, 0.2) is 42.6 Å². The highest BCUT2D eigenvalue weighted by atomic mass is 16.2. The number of hydrogen-bond donors (Lipinski definition) is 0. The lowest BCUT2D eigenvalue weighted by molar-refractivity contribution is -0.147. The average Bonchev–Trinajstić information content (AvgIpc) is 3.16. The Morgan fingerprint density at radius 2 is 1.78 bits per heavy atom. The van der Waals surface area contributed by atoms with Gasteiger partial charge in [0.15, 0.2) is 0 Å². The zero-order valence-electron chi connectivity index (χ0n) is 20.4. The fourth-order valence-corrected chi connectivity index (χ4v) is 4.24. The minimum atomic E-state index is 0.0238. The van der Waals surface area contributed by atoms with Crippen molar-refractivity contribution in [3.8, 4) is 0 Å². The standard InChI is InChI=1S/C27H39N3O2/c1-6-22(5)30(26(31)19-29(20(2)3)27(32)23-13-9-14-23)18-25-15-10-16-28(25)17-24-12-8-7-11-21(24)4/h7-8,10-12,15-16,20,22-23H,6,9,13-14,17-19H2,1-5H3/t22-/m1/s1. The van der Waals surface area contributed by atoms with Crippen molar-refractivity contribution in [1.82, 2.24) is 14.4 Å². The number of rotatable bonds is 10. The summed E-state index contributed by atoms with van der Waals surface area (Å²) < 4.78 is 2.23. The first-order valence-electron chi connectivity index (χ1n) is 12.1. The quantitative estimate of drug-likeness (QED) is 0.525. The summed E-state index contributed by atoms with van der Waals surface area (Å²) in [6.45, 7) is 11.8. The molecule has 1 aliphatic carbocycles. The lowest BCUT2D eigenvalue weighted by Gasteiger charge is -2.36. The third kappa shape index (κ3) is 5.62. The third-order valence-electron chi connectivity index (χ3n) is 6.97. The molecule has 5 heteroatoms. The first kappa shape index (κ1) is 24.1. The molecule has 2 amide bonds. The third-order valence-corrected chi connectivity index (χ3v) is 6.97. The molecule has 1 aliphatic rings. The van der Waals surface area contributed by atoms with Gasteiger partial charge < -0.3 is 14.4 Å². The molecule has 3 rings (SSSR count). The zero-order chi connectivity index (χ0) is 23.3. The van der Waals surface area contributed by atoms with E-state index in [9.17, 15) is 9.59 Å². The van der Waals surface area contributed by atoms with E-state index in [0.717, 1.165) is 37.9 Å². The van der Waals surface area contributed by atoms with Gasteiger partial charge >= 0.3 is 0 Å². The molecule has 1 aromatic heterocycles. The van der Waals surface area contributed by atoms with Crippen molar-refractivity contribution in [1.29, 1.82) is 0 Å². The zero-order valence-corrected chi connectivity index (χ0v) is 20.4. The maximum absolute atomic E-state index is 13.5. The predicted octanol–water partition coefficient (Wildman–Crippen LogP) is 5.01. The van der Waals surface area contributed by atoms with Crippen LogP contribution in [0.25, 0.3) is 0 Å². The second kappa shape index (κ2) is 10.8. The van der Waals surface area contributed by atoms with Crippen LogP contribution in [0.5, 0.6) is 0 Å². The van der Waals surface area contributed by atoms with Crippen molar-refractivity contribution in [3.63, 3.8) is 0 Å². The van der Waals surface area contributed by atoms with Gasteiger partial charge in [-0.1, -0.05) is 37.6 Å². The van der Waals surface area contributed by atoms with E-state index in [1.165, 1.54) is 11.1 Å². The molecular weight excluding hydrogens is 398 g/mol. The second-order valence-corrected chi connectivity index (χ2v) is 9.52. The van der Waals surface area contributed by atoms with E-state index in [4.69, 9.17) is 0 Å². The van der Waals surface area contributed by atoms with Crippen LogP contribution in [0.1, 0.15) is 70.2 Å². The molecule has 1 saturated carbocycles. The highest BCUT2D eigenvalue weighted by molar-refractivity contribution is 5.86. The Labute approximate surface area is 193 Å². The summed E-state index contributed by atoms with van der Waals surface area (Å²) >= 11 is 0. The number of nitrogens with zero attached hydrogens (tertiary/aromatic N) is 3. The maximum atomic E-state index is 13.5. The van der Waals surface area contributed by atoms with Gasteiger partial charge in [0.2, 0.25) is 11.8 Å². The molecule has 0 unspecified atom stereocenters. The molecule has 2 aromatic rings. The SMILES string of the molecule is CC[C@@H](C)N(Cc1cccn1Cc1ccccc1C)C(=O)CN(C(=O)C1CCC1)C(C)C. The Morgan fingerprint density at radius 1 is 1.06 bits per heavy atom. The van der Waals surface area contributed by atoms with Crippen LogP contribution < -0.4 is 0 Å². The Bertz CT molecular complexity index is 913. The Hall–Kier alpha value is -2.56. The molecule has 0 aliphatic heterocycles. The van der Waals surface area contributed by atoms with E-state index in [1.54, 1.807) is 4.90 Å².